The molecule has 2 aromatic rings. The Bertz CT molecular complexity index is 593. The van der Waals surface area contributed by atoms with Crippen molar-refractivity contribution in [1.82, 2.24) is 0 Å². The molecule has 2 rings (SSSR count). The van der Waals surface area contributed by atoms with Gasteiger partial charge in [-0.1, -0.05) is 36.5 Å². The van der Waals surface area contributed by atoms with Crippen LogP contribution in [0, 0.1) is 6.92 Å². The first-order valence-electron chi connectivity index (χ1n) is 5.66. The topological polar surface area (TPSA) is 35.2 Å². The molecule has 0 aliphatic rings. The van der Waals surface area contributed by atoms with E-state index >= 15 is 0 Å². The number of thiocarbonyl (C=S) groups is 1. The van der Waals surface area contributed by atoms with Crippen molar-refractivity contribution in [2.75, 3.05) is 7.11 Å². The van der Waals surface area contributed by atoms with Crippen LogP contribution in [0.1, 0.15) is 11.1 Å². The first kappa shape index (κ1) is 12.6. The minimum absolute atomic E-state index is 0.419. The van der Waals surface area contributed by atoms with Crippen molar-refractivity contribution >= 4 is 17.2 Å². The Balaban J connectivity index is 2.45. The van der Waals surface area contributed by atoms with Gasteiger partial charge in [0.05, 0.1) is 7.11 Å². The summed E-state index contributed by atoms with van der Waals surface area (Å²) in [5, 5.41) is 0. The van der Waals surface area contributed by atoms with Gasteiger partial charge in [0.25, 0.3) is 0 Å². The molecule has 0 fully saturated rings. The number of methoxy groups -OCH3 is 1. The van der Waals surface area contributed by atoms with Gasteiger partial charge in [-0.3, -0.25) is 0 Å². The molecule has 92 valence electrons. The predicted octanol–water partition coefficient (Wildman–Crippen LogP) is 3.30. The Morgan fingerprint density at radius 2 is 1.83 bits per heavy atom. The fraction of sp³-hybridized carbons (Fsp3) is 0.133. The monoisotopic (exact) mass is 257 g/mol. The molecule has 0 aliphatic heterocycles. The summed E-state index contributed by atoms with van der Waals surface area (Å²) < 4.78 is 5.26. The molecule has 0 amide bonds. The maximum absolute atomic E-state index is 5.65. The number of benzene rings is 2. The lowest BCUT2D eigenvalue weighted by Crippen LogP contribution is -2.08. The van der Waals surface area contributed by atoms with Crippen molar-refractivity contribution in [3.8, 4) is 16.9 Å². The Morgan fingerprint density at radius 1 is 1.11 bits per heavy atom. The van der Waals surface area contributed by atoms with E-state index in [4.69, 9.17) is 22.7 Å². The molecule has 2 N–H and O–H groups in total. The molecule has 2 aromatic carbocycles. The van der Waals surface area contributed by atoms with Gasteiger partial charge in [0.15, 0.2) is 0 Å². The van der Waals surface area contributed by atoms with E-state index in [0.717, 1.165) is 28.0 Å². The number of ether oxygens (including phenoxy) is 1. The SMILES string of the molecule is COc1ccc(-c2cccc(C(N)=S)c2)cc1C. The first-order chi connectivity index (χ1) is 8.61. The van der Waals surface area contributed by atoms with E-state index in [-0.39, 0.29) is 0 Å². The molecule has 0 unspecified atom stereocenters. The second kappa shape index (κ2) is 5.19. The van der Waals surface area contributed by atoms with E-state index in [9.17, 15) is 0 Å². The highest BCUT2D eigenvalue weighted by Gasteiger charge is 2.04. The van der Waals surface area contributed by atoms with E-state index in [0.29, 0.717) is 4.99 Å². The van der Waals surface area contributed by atoms with Gasteiger partial charge in [0, 0.05) is 5.56 Å². The number of hydrogen-bond acceptors (Lipinski definition) is 2. The highest BCUT2D eigenvalue weighted by molar-refractivity contribution is 7.80. The molecule has 0 atom stereocenters. The fourth-order valence-electron chi connectivity index (χ4n) is 1.91. The average molecular weight is 257 g/mol. The lowest BCUT2D eigenvalue weighted by molar-refractivity contribution is 0.412. The zero-order valence-electron chi connectivity index (χ0n) is 10.4. The third kappa shape index (κ3) is 2.51. The molecule has 0 heterocycles. The Kier molecular flexibility index (Phi) is 3.63. The van der Waals surface area contributed by atoms with E-state index in [1.54, 1.807) is 7.11 Å². The smallest absolute Gasteiger partial charge is 0.121 e. The van der Waals surface area contributed by atoms with Crippen molar-refractivity contribution in [1.29, 1.82) is 0 Å². The first-order valence-corrected chi connectivity index (χ1v) is 6.07. The average Bonchev–Trinajstić information content (AvgIpc) is 2.38. The molecule has 0 saturated heterocycles. The molecule has 18 heavy (non-hydrogen) atoms. The molecule has 2 nitrogen and oxygen atoms in total. The van der Waals surface area contributed by atoms with Gasteiger partial charge < -0.3 is 10.5 Å². The van der Waals surface area contributed by atoms with E-state index in [2.05, 4.69) is 6.07 Å². The largest absolute Gasteiger partial charge is 0.496 e. The second-order valence-corrected chi connectivity index (χ2v) is 4.57. The van der Waals surface area contributed by atoms with Gasteiger partial charge in [0.1, 0.15) is 10.7 Å². The third-order valence-corrected chi connectivity index (χ3v) is 3.11. The predicted molar refractivity (Wildman–Crippen MR) is 79.1 cm³/mol. The summed E-state index contributed by atoms with van der Waals surface area (Å²) in [6.07, 6.45) is 0. The van der Waals surface area contributed by atoms with Crippen LogP contribution in [0.2, 0.25) is 0 Å². The molecule has 0 spiro atoms. The Morgan fingerprint density at radius 3 is 2.44 bits per heavy atom. The summed E-state index contributed by atoms with van der Waals surface area (Å²) in [5.74, 6) is 0.893. The van der Waals surface area contributed by atoms with E-state index in [1.165, 1.54) is 0 Å². The zero-order chi connectivity index (χ0) is 13.1. The summed E-state index contributed by atoms with van der Waals surface area (Å²) in [6.45, 7) is 2.03. The fourth-order valence-corrected chi connectivity index (χ4v) is 2.04. The van der Waals surface area contributed by atoms with Crippen molar-refractivity contribution in [2.24, 2.45) is 5.73 Å². The van der Waals surface area contributed by atoms with Crippen molar-refractivity contribution in [3.63, 3.8) is 0 Å². The highest BCUT2D eigenvalue weighted by atomic mass is 32.1. The number of aryl methyl sites for hydroxylation is 1. The molecule has 0 saturated carbocycles. The number of rotatable bonds is 3. The number of hydrogen-bond donors (Lipinski definition) is 1. The second-order valence-electron chi connectivity index (χ2n) is 4.13. The normalized spacial score (nSPS) is 10.1. The van der Waals surface area contributed by atoms with E-state index < -0.39 is 0 Å². The molecule has 0 radical (unpaired) electrons. The Labute approximate surface area is 112 Å². The van der Waals surface area contributed by atoms with Crippen LogP contribution in [-0.4, -0.2) is 12.1 Å². The summed E-state index contributed by atoms with van der Waals surface area (Å²) in [5.41, 5.74) is 9.87. The van der Waals surface area contributed by atoms with Crippen molar-refractivity contribution < 1.29 is 4.74 Å². The highest BCUT2D eigenvalue weighted by Crippen LogP contribution is 2.26. The van der Waals surface area contributed by atoms with Crippen LogP contribution in [0.4, 0.5) is 0 Å². The van der Waals surface area contributed by atoms with Crippen LogP contribution in [0.15, 0.2) is 42.5 Å². The molecule has 3 heteroatoms. The lowest BCUT2D eigenvalue weighted by Gasteiger charge is -2.08. The molecule has 0 bridgehead atoms. The van der Waals surface area contributed by atoms with Gasteiger partial charge >= 0.3 is 0 Å². The third-order valence-electron chi connectivity index (χ3n) is 2.88. The zero-order valence-corrected chi connectivity index (χ0v) is 11.3. The standard InChI is InChI=1S/C15H15NOS/c1-10-8-12(6-7-14(10)17-2)11-4-3-5-13(9-11)15(16)18/h3-9H,1-2H3,(H2,16,18). The quantitative estimate of drug-likeness (QED) is 0.857. The minimum Gasteiger partial charge on any atom is -0.496 e. The van der Waals surface area contributed by atoms with Crippen LogP contribution in [-0.2, 0) is 0 Å². The van der Waals surface area contributed by atoms with Crippen molar-refractivity contribution in [3.05, 3.63) is 53.6 Å². The van der Waals surface area contributed by atoms with Crippen LogP contribution < -0.4 is 10.5 Å². The van der Waals surface area contributed by atoms with Gasteiger partial charge in [-0.25, -0.2) is 0 Å². The maximum Gasteiger partial charge on any atom is 0.121 e. The summed E-state index contributed by atoms with van der Waals surface area (Å²) in [7, 11) is 1.68. The molecular weight excluding hydrogens is 242 g/mol. The van der Waals surface area contributed by atoms with Gasteiger partial charge in [0.2, 0.25) is 0 Å². The van der Waals surface area contributed by atoms with Crippen LogP contribution >= 0.6 is 12.2 Å². The van der Waals surface area contributed by atoms with Gasteiger partial charge in [-0.2, -0.15) is 0 Å². The summed E-state index contributed by atoms with van der Waals surface area (Å²) in [6, 6.07) is 14.0. The van der Waals surface area contributed by atoms with Crippen LogP contribution in [0.5, 0.6) is 5.75 Å². The van der Waals surface area contributed by atoms with Crippen molar-refractivity contribution in [2.45, 2.75) is 6.92 Å². The molecular formula is C15H15NOS. The maximum atomic E-state index is 5.65. The lowest BCUT2D eigenvalue weighted by atomic mass is 10.0. The summed E-state index contributed by atoms with van der Waals surface area (Å²) in [4.78, 5) is 0.419. The van der Waals surface area contributed by atoms with Crippen LogP contribution in [0.3, 0.4) is 0 Å². The van der Waals surface area contributed by atoms with Crippen LogP contribution in [0.25, 0.3) is 11.1 Å². The molecule has 0 aliphatic carbocycles. The van der Waals surface area contributed by atoms with Gasteiger partial charge in [-0.05, 0) is 41.8 Å². The minimum atomic E-state index is 0.419. The summed E-state index contributed by atoms with van der Waals surface area (Å²) >= 11 is 4.99. The van der Waals surface area contributed by atoms with E-state index in [1.807, 2.05) is 43.3 Å². The Hall–Kier alpha value is -1.87. The number of nitrogens with two attached hydrogens (primary N) is 1. The van der Waals surface area contributed by atoms with Gasteiger partial charge in [-0.15, -0.1) is 0 Å². The molecule has 0 aromatic heterocycles.